The largest absolute Gasteiger partial charge is 0.377 e. The maximum atomic E-state index is 11.4. The number of nitrogens with one attached hydrogen (secondary N) is 1. The molecule has 0 atom stereocenters. The van der Waals surface area contributed by atoms with Crippen LogP contribution in [-0.2, 0) is 38.2 Å². The van der Waals surface area contributed by atoms with Gasteiger partial charge in [-0.2, -0.15) is 0 Å². The van der Waals surface area contributed by atoms with Crippen molar-refractivity contribution < 1.29 is 38.2 Å². The third-order valence-electron chi connectivity index (χ3n) is 4.38. The SMILES string of the molecule is CC(C)OCCNC(=O)CCN1C(=O)C=CC1=O.CC(C)OCCOCCN1C(=O)C=CC1=O. The number of rotatable bonds is 14. The number of carbonyl (C=O) groups is 5. The zero-order valence-corrected chi connectivity index (χ0v) is 20.3. The van der Waals surface area contributed by atoms with Crippen molar-refractivity contribution in [2.75, 3.05) is 46.1 Å². The van der Waals surface area contributed by atoms with E-state index >= 15 is 0 Å². The van der Waals surface area contributed by atoms with Gasteiger partial charge in [0.05, 0.1) is 45.2 Å². The summed E-state index contributed by atoms with van der Waals surface area (Å²) in [5.41, 5.74) is 0. The van der Waals surface area contributed by atoms with Crippen LogP contribution in [0.5, 0.6) is 0 Å². The molecule has 2 aliphatic heterocycles. The third kappa shape index (κ3) is 11.8. The van der Waals surface area contributed by atoms with E-state index in [-0.39, 0.29) is 54.7 Å². The van der Waals surface area contributed by atoms with Crippen LogP contribution in [0.25, 0.3) is 0 Å². The summed E-state index contributed by atoms with van der Waals surface area (Å²) in [4.78, 5) is 58.3. The van der Waals surface area contributed by atoms with E-state index in [1.165, 1.54) is 24.3 Å². The Morgan fingerprint density at radius 3 is 1.71 bits per heavy atom. The molecule has 1 N–H and O–H groups in total. The lowest BCUT2D eigenvalue weighted by atomic mass is 10.3. The first-order chi connectivity index (χ1) is 16.1. The zero-order chi connectivity index (χ0) is 25.5. The Balaban J connectivity index is 0.000000342. The Hall–Kier alpha value is -2.89. The number of nitrogens with zero attached hydrogens (tertiary/aromatic N) is 2. The van der Waals surface area contributed by atoms with Crippen LogP contribution in [0.15, 0.2) is 24.3 Å². The average Bonchev–Trinajstić information content (AvgIpc) is 3.27. The predicted molar refractivity (Wildman–Crippen MR) is 122 cm³/mol. The molecule has 0 aromatic heterocycles. The third-order valence-corrected chi connectivity index (χ3v) is 4.38. The Morgan fingerprint density at radius 2 is 1.21 bits per heavy atom. The van der Waals surface area contributed by atoms with E-state index < -0.39 is 0 Å². The van der Waals surface area contributed by atoms with E-state index in [2.05, 4.69) is 5.32 Å². The van der Waals surface area contributed by atoms with Crippen molar-refractivity contribution in [3.63, 3.8) is 0 Å². The Labute approximate surface area is 200 Å². The summed E-state index contributed by atoms with van der Waals surface area (Å²) in [5.74, 6) is -1.47. The summed E-state index contributed by atoms with van der Waals surface area (Å²) >= 11 is 0. The molecule has 11 heteroatoms. The molecule has 0 aliphatic carbocycles. The Morgan fingerprint density at radius 1 is 0.735 bits per heavy atom. The number of carbonyl (C=O) groups excluding carboxylic acids is 5. The molecule has 2 aliphatic rings. The van der Waals surface area contributed by atoms with Crippen LogP contribution in [0.3, 0.4) is 0 Å². The second-order valence-corrected chi connectivity index (χ2v) is 7.87. The lowest BCUT2D eigenvalue weighted by Gasteiger charge is -2.13. The first kappa shape index (κ1) is 29.1. The van der Waals surface area contributed by atoms with E-state index in [1.54, 1.807) is 0 Å². The second-order valence-electron chi connectivity index (χ2n) is 7.87. The van der Waals surface area contributed by atoms with Gasteiger partial charge in [-0.3, -0.25) is 33.8 Å². The van der Waals surface area contributed by atoms with Gasteiger partial charge in [-0.1, -0.05) is 0 Å². The van der Waals surface area contributed by atoms with Crippen molar-refractivity contribution in [3.8, 4) is 0 Å². The molecule has 0 aromatic carbocycles. The molecule has 0 bridgehead atoms. The van der Waals surface area contributed by atoms with Gasteiger partial charge in [0.25, 0.3) is 23.6 Å². The summed E-state index contributed by atoms with van der Waals surface area (Å²) in [7, 11) is 0. The second kappa shape index (κ2) is 15.9. The quantitative estimate of drug-likeness (QED) is 0.275. The van der Waals surface area contributed by atoms with Gasteiger partial charge in [-0.25, -0.2) is 0 Å². The van der Waals surface area contributed by atoms with Crippen molar-refractivity contribution in [2.45, 2.75) is 46.3 Å². The molecular weight excluding hydrogens is 446 g/mol. The molecular formula is C23H35N3O8. The predicted octanol–water partition coefficient (Wildman–Crippen LogP) is 0.196. The molecule has 0 saturated carbocycles. The smallest absolute Gasteiger partial charge is 0.253 e. The van der Waals surface area contributed by atoms with Gasteiger partial charge in [0, 0.05) is 43.8 Å². The van der Waals surface area contributed by atoms with Crippen molar-refractivity contribution in [1.29, 1.82) is 0 Å². The lowest BCUT2D eigenvalue weighted by molar-refractivity contribution is -0.139. The molecule has 0 saturated heterocycles. The number of hydrogen-bond acceptors (Lipinski definition) is 8. The number of ether oxygens (including phenoxy) is 3. The average molecular weight is 482 g/mol. The molecule has 0 fully saturated rings. The van der Waals surface area contributed by atoms with Gasteiger partial charge >= 0.3 is 0 Å². The minimum Gasteiger partial charge on any atom is -0.377 e. The van der Waals surface area contributed by atoms with Crippen molar-refractivity contribution in [1.82, 2.24) is 15.1 Å². The number of amides is 5. The van der Waals surface area contributed by atoms with E-state index in [9.17, 15) is 24.0 Å². The van der Waals surface area contributed by atoms with Crippen molar-refractivity contribution in [2.24, 2.45) is 0 Å². The summed E-state index contributed by atoms with van der Waals surface area (Å²) in [6.45, 7) is 10.4. The van der Waals surface area contributed by atoms with E-state index in [1.807, 2.05) is 27.7 Å². The summed E-state index contributed by atoms with van der Waals surface area (Å²) < 4.78 is 15.8. The fourth-order valence-electron chi connectivity index (χ4n) is 2.69. The highest BCUT2D eigenvalue weighted by Gasteiger charge is 2.23. The van der Waals surface area contributed by atoms with Crippen LogP contribution in [0, 0.1) is 0 Å². The molecule has 0 unspecified atom stereocenters. The Kier molecular flexibility index (Phi) is 13.6. The molecule has 5 amide bonds. The van der Waals surface area contributed by atoms with Gasteiger partial charge in [-0.15, -0.1) is 0 Å². The maximum absolute atomic E-state index is 11.4. The fraction of sp³-hybridized carbons (Fsp3) is 0.609. The van der Waals surface area contributed by atoms with Crippen LogP contribution in [0.1, 0.15) is 34.1 Å². The van der Waals surface area contributed by atoms with Gasteiger partial charge in [-0.05, 0) is 27.7 Å². The van der Waals surface area contributed by atoms with Crippen LogP contribution >= 0.6 is 0 Å². The van der Waals surface area contributed by atoms with Gasteiger partial charge in [0.2, 0.25) is 5.91 Å². The minimum atomic E-state index is -0.365. The highest BCUT2D eigenvalue weighted by molar-refractivity contribution is 6.13. The van der Waals surface area contributed by atoms with Crippen molar-refractivity contribution in [3.05, 3.63) is 24.3 Å². The first-order valence-corrected chi connectivity index (χ1v) is 11.3. The van der Waals surface area contributed by atoms with Crippen LogP contribution < -0.4 is 5.32 Å². The molecule has 190 valence electrons. The van der Waals surface area contributed by atoms with Gasteiger partial charge in [0.15, 0.2) is 0 Å². The summed E-state index contributed by atoms with van der Waals surface area (Å²) in [6.07, 6.45) is 5.38. The minimum absolute atomic E-state index is 0.112. The Bertz CT molecular complexity index is 740. The molecule has 0 spiro atoms. The van der Waals surface area contributed by atoms with Crippen LogP contribution in [0.2, 0.25) is 0 Å². The molecule has 2 rings (SSSR count). The van der Waals surface area contributed by atoms with Crippen LogP contribution in [0.4, 0.5) is 0 Å². The molecule has 34 heavy (non-hydrogen) atoms. The monoisotopic (exact) mass is 481 g/mol. The standard InChI is InChI=1S/C12H18N2O4.C11H17NO4/c1-9(2)18-8-6-13-10(15)5-7-14-11(16)3-4-12(14)17;1-9(2)16-8-7-15-6-5-12-10(13)3-4-11(12)14/h3-4,9H,5-8H2,1-2H3,(H,13,15);3-4,9H,5-8H2,1-2H3. The van der Waals surface area contributed by atoms with Gasteiger partial charge in [0.1, 0.15) is 0 Å². The number of hydrogen-bond donors (Lipinski definition) is 1. The molecule has 0 aromatic rings. The summed E-state index contributed by atoms with van der Waals surface area (Å²) in [5, 5.41) is 2.66. The molecule has 2 heterocycles. The first-order valence-electron chi connectivity index (χ1n) is 11.3. The number of imide groups is 2. The lowest BCUT2D eigenvalue weighted by Crippen LogP contribution is -2.35. The maximum Gasteiger partial charge on any atom is 0.253 e. The van der Waals surface area contributed by atoms with E-state index in [4.69, 9.17) is 14.2 Å². The van der Waals surface area contributed by atoms with E-state index in [0.29, 0.717) is 39.5 Å². The fourth-order valence-corrected chi connectivity index (χ4v) is 2.69. The van der Waals surface area contributed by atoms with Crippen molar-refractivity contribution >= 4 is 29.5 Å². The highest BCUT2D eigenvalue weighted by atomic mass is 16.5. The van der Waals surface area contributed by atoms with Crippen LogP contribution in [-0.4, -0.2) is 97.6 Å². The molecule has 0 radical (unpaired) electrons. The normalized spacial score (nSPS) is 15.1. The van der Waals surface area contributed by atoms with Gasteiger partial charge < -0.3 is 19.5 Å². The van der Waals surface area contributed by atoms with E-state index in [0.717, 1.165) is 9.80 Å². The molecule has 11 nitrogen and oxygen atoms in total. The topological polar surface area (TPSA) is 132 Å². The highest BCUT2D eigenvalue weighted by Crippen LogP contribution is 2.04. The summed E-state index contributed by atoms with van der Waals surface area (Å²) in [6, 6.07) is 0. The zero-order valence-electron chi connectivity index (χ0n) is 20.3.